The summed E-state index contributed by atoms with van der Waals surface area (Å²) in [5, 5.41) is 0. The van der Waals surface area contributed by atoms with Crippen LogP contribution >= 0.6 is 0 Å². The van der Waals surface area contributed by atoms with E-state index < -0.39 is 0 Å². The number of benzene rings is 1. The van der Waals surface area contributed by atoms with Crippen LogP contribution in [0.3, 0.4) is 0 Å². The van der Waals surface area contributed by atoms with Crippen LogP contribution in [0, 0.1) is 12.7 Å². The number of fused-ring (bicyclic) bond motifs is 1. The third kappa shape index (κ3) is 3.55. The number of rotatable bonds is 3. The molecule has 0 aliphatic heterocycles. The molecule has 27 heavy (non-hydrogen) atoms. The second kappa shape index (κ2) is 7.29. The van der Waals surface area contributed by atoms with Gasteiger partial charge in [-0.3, -0.25) is 4.79 Å². The lowest BCUT2D eigenvalue weighted by atomic mass is 9.81. The van der Waals surface area contributed by atoms with Gasteiger partial charge in [0.05, 0.1) is 0 Å². The molecule has 1 aromatic carbocycles. The number of aromatic amines is 1. The van der Waals surface area contributed by atoms with Gasteiger partial charge >= 0.3 is 5.97 Å². The van der Waals surface area contributed by atoms with Gasteiger partial charge in [0.2, 0.25) is 0 Å². The first-order chi connectivity index (χ1) is 13.0. The quantitative estimate of drug-likeness (QED) is 0.786. The van der Waals surface area contributed by atoms with Crippen molar-refractivity contribution in [3.8, 4) is 0 Å². The molecule has 1 aromatic heterocycles. The van der Waals surface area contributed by atoms with Crippen LogP contribution in [0.5, 0.6) is 0 Å². The summed E-state index contributed by atoms with van der Waals surface area (Å²) in [6, 6.07) is 6.29. The smallest absolute Gasteiger partial charge is 0.355 e. The van der Waals surface area contributed by atoms with Crippen molar-refractivity contribution in [3.63, 3.8) is 0 Å². The zero-order chi connectivity index (χ0) is 19.0. The van der Waals surface area contributed by atoms with E-state index in [0.717, 1.165) is 36.9 Å². The van der Waals surface area contributed by atoms with Crippen LogP contribution in [-0.4, -0.2) is 22.8 Å². The fraction of sp³-hybridized carbons (Fsp3) is 0.455. The van der Waals surface area contributed by atoms with Crippen molar-refractivity contribution < 1.29 is 18.7 Å². The van der Waals surface area contributed by atoms with Gasteiger partial charge in [0.1, 0.15) is 17.6 Å². The highest BCUT2D eigenvalue weighted by Crippen LogP contribution is 2.35. The molecule has 0 saturated heterocycles. The number of hydrogen-bond acceptors (Lipinski definition) is 3. The number of carbonyl (C=O) groups excluding carboxylic acids is 2. The average Bonchev–Trinajstić information content (AvgIpc) is 3.00. The standard InChI is InChI=1S/C22H24FNO3/c1-13-20-18(24-21(13)22(26)27-17-5-3-2-4-6-17)11-15(12-19(20)25)14-7-9-16(23)10-8-14/h7-10,15,17,24H,2-6,11-12H2,1H3/t15-/m1/s1. The molecule has 1 N–H and O–H groups in total. The van der Waals surface area contributed by atoms with Crippen molar-refractivity contribution in [3.05, 3.63) is 58.2 Å². The summed E-state index contributed by atoms with van der Waals surface area (Å²) >= 11 is 0. The molecular weight excluding hydrogens is 345 g/mol. The van der Waals surface area contributed by atoms with Gasteiger partial charge in [0.25, 0.3) is 0 Å². The highest BCUT2D eigenvalue weighted by Gasteiger charge is 2.33. The summed E-state index contributed by atoms with van der Waals surface area (Å²) in [6.07, 6.45) is 6.19. The Balaban J connectivity index is 1.56. The van der Waals surface area contributed by atoms with Crippen molar-refractivity contribution in [1.82, 2.24) is 4.98 Å². The molecule has 0 radical (unpaired) electrons. The zero-order valence-corrected chi connectivity index (χ0v) is 15.5. The van der Waals surface area contributed by atoms with E-state index in [1.165, 1.54) is 18.6 Å². The number of ether oxygens (including phenoxy) is 1. The summed E-state index contributed by atoms with van der Waals surface area (Å²) in [6.45, 7) is 1.81. The predicted molar refractivity (Wildman–Crippen MR) is 99.6 cm³/mol. The van der Waals surface area contributed by atoms with Gasteiger partial charge in [0.15, 0.2) is 5.78 Å². The van der Waals surface area contributed by atoms with E-state index in [1.54, 1.807) is 12.1 Å². The number of halogens is 1. The van der Waals surface area contributed by atoms with Crippen LogP contribution in [0.15, 0.2) is 24.3 Å². The lowest BCUT2D eigenvalue weighted by Crippen LogP contribution is -2.21. The van der Waals surface area contributed by atoms with Gasteiger partial charge in [-0.2, -0.15) is 0 Å². The van der Waals surface area contributed by atoms with Gasteiger partial charge in [0, 0.05) is 17.7 Å². The molecule has 2 aliphatic rings. The number of carbonyl (C=O) groups is 2. The first-order valence-corrected chi connectivity index (χ1v) is 9.74. The molecule has 2 aliphatic carbocycles. The molecule has 0 spiro atoms. The maximum Gasteiger partial charge on any atom is 0.355 e. The molecule has 0 bridgehead atoms. The first kappa shape index (κ1) is 18.0. The number of hydrogen-bond donors (Lipinski definition) is 1. The maximum atomic E-state index is 13.2. The molecule has 142 valence electrons. The largest absolute Gasteiger partial charge is 0.458 e. The number of ketones is 1. The minimum Gasteiger partial charge on any atom is -0.458 e. The zero-order valence-electron chi connectivity index (χ0n) is 15.5. The van der Waals surface area contributed by atoms with Crippen molar-refractivity contribution in [1.29, 1.82) is 0 Å². The Hall–Kier alpha value is -2.43. The van der Waals surface area contributed by atoms with Crippen LogP contribution in [0.25, 0.3) is 0 Å². The molecule has 1 heterocycles. The molecule has 2 aromatic rings. The van der Waals surface area contributed by atoms with Crippen LogP contribution in [0.2, 0.25) is 0 Å². The van der Waals surface area contributed by atoms with Crippen LogP contribution in [-0.2, 0) is 11.2 Å². The molecule has 1 atom stereocenters. The van der Waals surface area contributed by atoms with Crippen molar-refractivity contribution in [2.45, 2.75) is 63.9 Å². The average molecular weight is 369 g/mol. The van der Waals surface area contributed by atoms with Crippen molar-refractivity contribution in [2.24, 2.45) is 0 Å². The van der Waals surface area contributed by atoms with Gasteiger partial charge < -0.3 is 9.72 Å². The number of Topliss-reactive ketones (excluding diaryl/α,β-unsaturated/α-hetero) is 1. The SMILES string of the molecule is Cc1c(C(=O)OC2CCCCC2)[nH]c2c1C(=O)C[C@H](c1ccc(F)cc1)C2. The first-order valence-electron chi connectivity index (χ1n) is 9.74. The van der Waals surface area contributed by atoms with E-state index in [-0.39, 0.29) is 29.6 Å². The molecular formula is C22H24FNO3. The molecule has 1 saturated carbocycles. The summed E-state index contributed by atoms with van der Waals surface area (Å²) in [7, 11) is 0. The van der Waals surface area contributed by atoms with E-state index in [4.69, 9.17) is 4.74 Å². The van der Waals surface area contributed by atoms with Gasteiger partial charge in [-0.05, 0) is 68.2 Å². The van der Waals surface area contributed by atoms with Gasteiger partial charge in [-0.1, -0.05) is 18.6 Å². The molecule has 1 fully saturated rings. The molecule has 5 heteroatoms. The monoisotopic (exact) mass is 369 g/mol. The molecule has 4 nitrogen and oxygen atoms in total. The Morgan fingerprint density at radius 2 is 1.81 bits per heavy atom. The Bertz CT molecular complexity index is 862. The van der Waals surface area contributed by atoms with Gasteiger partial charge in [-0.25, -0.2) is 9.18 Å². The van der Waals surface area contributed by atoms with Crippen molar-refractivity contribution in [2.75, 3.05) is 0 Å². The molecule has 0 amide bonds. The second-order valence-corrected chi connectivity index (χ2v) is 7.72. The van der Waals surface area contributed by atoms with Gasteiger partial charge in [-0.15, -0.1) is 0 Å². The fourth-order valence-electron chi connectivity index (χ4n) is 4.40. The fourth-order valence-corrected chi connectivity index (χ4v) is 4.40. The highest BCUT2D eigenvalue weighted by atomic mass is 19.1. The Morgan fingerprint density at radius 1 is 1.11 bits per heavy atom. The topological polar surface area (TPSA) is 59.2 Å². The summed E-state index contributed by atoms with van der Waals surface area (Å²) in [5.74, 6) is -0.633. The second-order valence-electron chi connectivity index (χ2n) is 7.72. The highest BCUT2D eigenvalue weighted by molar-refractivity contribution is 6.03. The van der Waals surface area contributed by atoms with E-state index >= 15 is 0 Å². The van der Waals surface area contributed by atoms with E-state index in [0.29, 0.717) is 29.7 Å². The lowest BCUT2D eigenvalue weighted by molar-refractivity contribution is 0.0204. The number of nitrogens with one attached hydrogen (secondary N) is 1. The van der Waals surface area contributed by atoms with Crippen molar-refractivity contribution >= 4 is 11.8 Å². The number of esters is 1. The minimum atomic E-state index is -0.361. The molecule has 4 rings (SSSR count). The Labute approximate surface area is 158 Å². The Kier molecular flexibility index (Phi) is 4.85. The third-order valence-electron chi connectivity index (χ3n) is 5.86. The van der Waals surface area contributed by atoms with Crippen LogP contribution in [0.4, 0.5) is 4.39 Å². The molecule has 0 unspecified atom stereocenters. The number of aromatic nitrogens is 1. The van der Waals surface area contributed by atoms with Crippen LogP contribution < -0.4 is 0 Å². The Morgan fingerprint density at radius 3 is 2.52 bits per heavy atom. The predicted octanol–water partition coefficient (Wildman–Crippen LogP) is 4.86. The summed E-state index contributed by atoms with van der Waals surface area (Å²) < 4.78 is 18.9. The van der Waals surface area contributed by atoms with E-state index in [2.05, 4.69) is 4.98 Å². The van der Waals surface area contributed by atoms with Crippen LogP contribution in [0.1, 0.15) is 82.1 Å². The third-order valence-corrected chi connectivity index (χ3v) is 5.86. The normalized spacial score (nSPS) is 20.4. The number of H-pyrrole nitrogens is 1. The maximum absolute atomic E-state index is 13.2. The summed E-state index contributed by atoms with van der Waals surface area (Å²) in [4.78, 5) is 28.5. The van der Waals surface area contributed by atoms with E-state index in [1.807, 2.05) is 6.92 Å². The lowest BCUT2D eigenvalue weighted by Gasteiger charge is -2.22. The minimum absolute atomic E-state index is 0.00846. The summed E-state index contributed by atoms with van der Waals surface area (Å²) in [5.41, 5.74) is 3.44. The van der Waals surface area contributed by atoms with E-state index in [9.17, 15) is 14.0 Å².